The van der Waals surface area contributed by atoms with Gasteiger partial charge in [0.05, 0.1) is 14.2 Å². The molecule has 0 amide bonds. The van der Waals surface area contributed by atoms with Gasteiger partial charge in [0.25, 0.3) is 0 Å². The first-order valence-electron chi connectivity index (χ1n) is 8.24. The Bertz CT molecular complexity index is 897. The van der Waals surface area contributed by atoms with E-state index in [1.54, 1.807) is 6.20 Å². The number of rotatable bonds is 6. The normalized spacial score (nSPS) is 17.2. The molecule has 9 heteroatoms. The van der Waals surface area contributed by atoms with Crippen LogP contribution in [-0.2, 0) is 23.0 Å². The number of hydrogen-bond donors (Lipinski definition) is 0. The highest BCUT2D eigenvalue weighted by molar-refractivity contribution is 7.89. The van der Waals surface area contributed by atoms with Crippen molar-refractivity contribution in [3.63, 3.8) is 0 Å². The maximum atomic E-state index is 14.4. The Morgan fingerprint density at radius 3 is 2.69 bits per heavy atom. The zero-order valence-corrected chi connectivity index (χ0v) is 15.8. The first-order chi connectivity index (χ1) is 12.4. The van der Waals surface area contributed by atoms with Crippen molar-refractivity contribution in [2.75, 3.05) is 27.8 Å². The topological polar surface area (TPSA) is 73.7 Å². The lowest BCUT2D eigenvalue weighted by atomic mass is 10.00. The summed E-state index contributed by atoms with van der Waals surface area (Å²) in [5.41, 5.74) is 0. The van der Waals surface area contributed by atoms with E-state index in [2.05, 4.69) is 4.98 Å². The Kier molecular flexibility index (Phi) is 5.19. The fourth-order valence-corrected chi connectivity index (χ4v) is 4.55. The van der Waals surface area contributed by atoms with Crippen LogP contribution in [0.3, 0.4) is 0 Å². The van der Waals surface area contributed by atoms with Gasteiger partial charge in [-0.2, -0.15) is 0 Å². The molecule has 1 aromatic heterocycles. The summed E-state index contributed by atoms with van der Waals surface area (Å²) < 4.78 is 53.5. The molecule has 1 atom stereocenters. The average Bonchev–Trinajstić information content (AvgIpc) is 3.08. The molecular weight excluding hydrogens is 361 g/mol. The molecule has 0 unspecified atom stereocenters. The first-order valence-corrected chi connectivity index (χ1v) is 9.68. The van der Waals surface area contributed by atoms with Gasteiger partial charge in [-0.1, -0.05) is 0 Å². The van der Waals surface area contributed by atoms with Gasteiger partial charge in [-0.3, -0.25) is 0 Å². The molecule has 0 saturated carbocycles. The van der Waals surface area contributed by atoms with Gasteiger partial charge in [0.15, 0.2) is 11.5 Å². The zero-order valence-electron chi connectivity index (χ0n) is 15.0. The Morgan fingerprint density at radius 1 is 1.31 bits per heavy atom. The number of nitrogens with zero attached hydrogens (tertiary/aromatic N) is 3. The number of aromatic nitrogens is 2. The van der Waals surface area contributed by atoms with E-state index >= 15 is 0 Å². The van der Waals surface area contributed by atoms with Gasteiger partial charge in [-0.25, -0.2) is 22.1 Å². The summed E-state index contributed by atoms with van der Waals surface area (Å²) in [6.07, 6.45) is 5.28. The summed E-state index contributed by atoms with van der Waals surface area (Å²) in [6.45, 7) is 0.997. The quantitative estimate of drug-likeness (QED) is 0.762. The van der Waals surface area contributed by atoms with E-state index in [1.807, 2.05) is 10.8 Å². The molecule has 0 aliphatic carbocycles. The second kappa shape index (κ2) is 7.24. The number of imidazole rings is 1. The molecule has 2 aromatic rings. The molecule has 0 saturated heterocycles. The zero-order chi connectivity index (χ0) is 18.9. The Labute approximate surface area is 152 Å². The standard InChI is InChI=1S/C17H22FN3O4S/c1-20(10-12-4-5-17-19-6-7-21(17)11-12)26(22,23)16-9-15(25-3)14(24-2)8-13(16)18/h6-9,12H,4-5,10-11H2,1-3H3/t12-/m0/s1. The maximum absolute atomic E-state index is 14.4. The van der Waals surface area contributed by atoms with E-state index in [1.165, 1.54) is 25.6 Å². The smallest absolute Gasteiger partial charge is 0.245 e. The van der Waals surface area contributed by atoms with Gasteiger partial charge in [0.1, 0.15) is 16.5 Å². The van der Waals surface area contributed by atoms with Crippen LogP contribution >= 0.6 is 0 Å². The number of sulfonamides is 1. The molecule has 7 nitrogen and oxygen atoms in total. The number of methoxy groups -OCH3 is 2. The molecule has 1 aliphatic rings. The summed E-state index contributed by atoms with van der Waals surface area (Å²) >= 11 is 0. The van der Waals surface area contributed by atoms with Crippen molar-refractivity contribution < 1.29 is 22.3 Å². The van der Waals surface area contributed by atoms with E-state index < -0.39 is 20.7 Å². The minimum atomic E-state index is -3.99. The first kappa shape index (κ1) is 18.7. The Hall–Kier alpha value is -2.13. The SMILES string of the molecule is COc1cc(F)c(S(=O)(=O)N(C)C[C@@H]2CCc3nccn3C2)cc1OC. The van der Waals surface area contributed by atoms with Crippen LogP contribution in [0.5, 0.6) is 11.5 Å². The number of halogens is 1. The van der Waals surface area contributed by atoms with Crippen molar-refractivity contribution in [2.45, 2.75) is 24.3 Å². The molecule has 2 heterocycles. The summed E-state index contributed by atoms with van der Waals surface area (Å²) in [4.78, 5) is 3.85. The van der Waals surface area contributed by atoms with Gasteiger partial charge in [0.2, 0.25) is 10.0 Å². The minimum absolute atomic E-state index is 0.139. The molecule has 1 aromatic carbocycles. The summed E-state index contributed by atoms with van der Waals surface area (Å²) in [5, 5.41) is 0. The lowest BCUT2D eigenvalue weighted by molar-refractivity contribution is 0.302. The molecule has 3 rings (SSSR count). The van der Waals surface area contributed by atoms with E-state index in [0.29, 0.717) is 13.1 Å². The van der Waals surface area contributed by atoms with Crippen LogP contribution in [0.25, 0.3) is 0 Å². The summed E-state index contributed by atoms with van der Waals surface area (Å²) in [6, 6.07) is 2.19. The van der Waals surface area contributed by atoms with Crippen molar-refractivity contribution >= 4 is 10.0 Å². The Morgan fingerprint density at radius 2 is 2.00 bits per heavy atom. The molecule has 0 N–H and O–H groups in total. The van der Waals surface area contributed by atoms with Crippen LogP contribution in [0, 0.1) is 11.7 Å². The van der Waals surface area contributed by atoms with Gasteiger partial charge in [-0.05, 0) is 12.3 Å². The average molecular weight is 383 g/mol. The van der Waals surface area contributed by atoms with Crippen molar-refractivity contribution in [3.05, 3.63) is 36.2 Å². The van der Waals surface area contributed by atoms with Crippen LogP contribution in [0.15, 0.2) is 29.4 Å². The van der Waals surface area contributed by atoms with Crippen molar-refractivity contribution in [1.29, 1.82) is 0 Å². The fraction of sp³-hybridized carbons (Fsp3) is 0.471. The number of hydrogen-bond acceptors (Lipinski definition) is 5. The molecule has 26 heavy (non-hydrogen) atoms. The van der Waals surface area contributed by atoms with Gasteiger partial charge < -0.3 is 14.0 Å². The predicted molar refractivity (Wildman–Crippen MR) is 93.4 cm³/mol. The van der Waals surface area contributed by atoms with Crippen LogP contribution in [0.1, 0.15) is 12.2 Å². The van der Waals surface area contributed by atoms with Crippen LogP contribution in [0.2, 0.25) is 0 Å². The third-order valence-electron chi connectivity index (χ3n) is 4.67. The Balaban J connectivity index is 1.82. The number of fused-ring (bicyclic) bond motifs is 1. The largest absolute Gasteiger partial charge is 0.493 e. The van der Waals surface area contributed by atoms with E-state index in [4.69, 9.17) is 9.47 Å². The van der Waals surface area contributed by atoms with E-state index in [-0.39, 0.29) is 17.4 Å². The second-order valence-corrected chi connectivity index (χ2v) is 8.34. The minimum Gasteiger partial charge on any atom is -0.493 e. The predicted octanol–water partition coefficient (Wildman–Crippen LogP) is 1.92. The van der Waals surface area contributed by atoms with Gasteiger partial charge in [-0.15, -0.1) is 0 Å². The molecule has 0 spiro atoms. The van der Waals surface area contributed by atoms with E-state index in [9.17, 15) is 12.8 Å². The maximum Gasteiger partial charge on any atom is 0.245 e. The van der Waals surface area contributed by atoms with Crippen molar-refractivity contribution in [3.8, 4) is 11.5 Å². The van der Waals surface area contributed by atoms with Crippen molar-refractivity contribution in [1.82, 2.24) is 13.9 Å². The second-order valence-electron chi connectivity index (χ2n) is 6.32. The van der Waals surface area contributed by atoms with Crippen LogP contribution < -0.4 is 9.47 Å². The van der Waals surface area contributed by atoms with Crippen LogP contribution in [-0.4, -0.2) is 50.1 Å². The fourth-order valence-electron chi connectivity index (χ4n) is 3.25. The lowest BCUT2D eigenvalue weighted by Gasteiger charge is -2.28. The third-order valence-corrected chi connectivity index (χ3v) is 6.51. The highest BCUT2D eigenvalue weighted by Gasteiger charge is 2.30. The lowest BCUT2D eigenvalue weighted by Crippen LogP contribution is -2.35. The third kappa shape index (κ3) is 3.41. The molecule has 0 radical (unpaired) electrons. The molecular formula is C17H22FN3O4S. The molecule has 142 valence electrons. The van der Waals surface area contributed by atoms with E-state index in [0.717, 1.165) is 30.8 Å². The van der Waals surface area contributed by atoms with Crippen molar-refractivity contribution in [2.24, 2.45) is 5.92 Å². The molecule has 0 bridgehead atoms. The number of benzene rings is 1. The van der Waals surface area contributed by atoms with Gasteiger partial charge >= 0.3 is 0 Å². The molecule has 1 aliphatic heterocycles. The highest BCUT2D eigenvalue weighted by Crippen LogP contribution is 2.33. The number of ether oxygens (including phenoxy) is 2. The van der Waals surface area contributed by atoms with Gasteiger partial charge in [0, 0.05) is 51.1 Å². The monoisotopic (exact) mass is 383 g/mol. The molecule has 0 fully saturated rings. The van der Waals surface area contributed by atoms with Crippen LogP contribution in [0.4, 0.5) is 4.39 Å². The number of aryl methyl sites for hydroxylation is 1. The summed E-state index contributed by atoms with van der Waals surface area (Å²) in [7, 11) is 0.216. The highest BCUT2D eigenvalue weighted by atomic mass is 32.2. The summed E-state index contributed by atoms with van der Waals surface area (Å²) in [5.74, 6) is 0.598.